The number of amides is 3. The summed E-state index contributed by atoms with van der Waals surface area (Å²) in [6.07, 6.45) is 0. The summed E-state index contributed by atoms with van der Waals surface area (Å²) >= 11 is 0. The number of rotatable bonds is 4. The summed E-state index contributed by atoms with van der Waals surface area (Å²) < 4.78 is 0. The van der Waals surface area contributed by atoms with Gasteiger partial charge in [0.25, 0.3) is 5.91 Å². The van der Waals surface area contributed by atoms with Crippen molar-refractivity contribution >= 4 is 23.3 Å². The van der Waals surface area contributed by atoms with Crippen molar-refractivity contribution in [1.82, 2.24) is 4.90 Å². The normalized spacial score (nSPS) is 17.1. The molecule has 0 saturated carbocycles. The molecule has 7 heteroatoms. The van der Waals surface area contributed by atoms with Crippen LogP contribution in [0.2, 0.25) is 0 Å². The molecular formula is C17H15N5O2. The fourth-order valence-electron chi connectivity index (χ4n) is 2.68. The van der Waals surface area contributed by atoms with E-state index in [1.165, 1.54) is 11.0 Å². The highest BCUT2D eigenvalue weighted by Gasteiger charge is 2.43. The molecule has 1 heterocycles. The van der Waals surface area contributed by atoms with Crippen LogP contribution >= 0.6 is 0 Å². The third kappa shape index (κ3) is 2.80. The average molecular weight is 321 g/mol. The van der Waals surface area contributed by atoms with Crippen LogP contribution in [0.5, 0.6) is 0 Å². The summed E-state index contributed by atoms with van der Waals surface area (Å²) in [7, 11) is 0. The van der Waals surface area contributed by atoms with E-state index < -0.39 is 6.04 Å². The molecule has 3 rings (SSSR count). The Morgan fingerprint density at radius 1 is 1.12 bits per heavy atom. The number of urea groups is 1. The Hall–Kier alpha value is -3.31. The third-order valence-electron chi connectivity index (χ3n) is 3.93. The van der Waals surface area contributed by atoms with Gasteiger partial charge in [0.05, 0.1) is 5.69 Å². The Bertz CT molecular complexity index is 830. The largest absolute Gasteiger partial charge is 0.332 e. The monoisotopic (exact) mass is 321 g/mol. The van der Waals surface area contributed by atoms with Crippen LogP contribution in [-0.4, -0.2) is 22.9 Å². The summed E-state index contributed by atoms with van der Waals surface area (Å²) in [5, 5.41) is 3.51. The minimum atomic E-state index is -0.555. The predicted octanol–water partition coefficient (Wildman–Crippen LogP) is 3.99. The molecule has 24 heavy (non-hydrogen) atoms. The number of azide groups is 1. The lowest BCUT2D eigenvalue weighted by Crippen LogP contribution is -2.33. The molecule has 0 aliphatic carbocycles. The zero-order valence-corrected chi connectivity index (χ0v) is 13.0. The van der Waals surface area contributed by atoms with E-state index in [0.717, 1.165) is 10.5 Å². The summed E-state index contributed by atoms with van der Waals surface area (Å²) in [5.74, 6) is -0.297. The molecule has 1 atom stereocenters. The highest BCUT2D eigenvalue weighted by molar-refractivity contribution is 6.21. The van der Waals surface area contributed by atoms with Gasteiger partial charge in [0, 0.05) is 17.1 Å². The Kier molecular flexibility index (Phi) is 4.18. The Balaban J connectivity index is 1.90. The first-order valence-corrected chi connectivity index (χ1v) is 7.45. The lowest BCUT2D eigenvalue weighted by atomic mass is 10.2. The molecule has 0 aromatic heterocycles. The molecule has 1 saturated heterocycles. The fraction of sp³-hybridized carbons (Fsp3) is 0.176. The lowest BCUT2D eigenvalue weighted by molar-refractivity contribution is -0.119. The van der Waals surface area contributed by atoms with E-state index >= 15 is 0 Å². The highest BCUT2D eigenvalue weighted by atomic mass is 16.2. The Morgan fingerprint density at radius 2 is 1.88 bits per heavy atom. The zero-order valence-electron chi connectivity index (χ0n) is 13.0. The number of carbonyl (C=O) groups excluding carboxylic acids is 2. The van der Waals surface area contributed by atoms with Gasteiger partial charge in [-0.2, -0.15) is 0 Å². The molecule has 120 valence electrons. The quantitative estimate of drug-likeness (QED) is 0.369. The molecule has 0 N–H and O–H groups in total. The summed E-state index contributed by atoms with van der Waals surface area (Å²) in [6.45, 7) is 2.07. The molecule has 0 radical (unpaired) electrons. The van der Waals surface area contributed by atoms with Crippen molar-refractivity contribution < 1.29 is 9.59 Å². The maximum Gasteiger partial charge on any atom is 0.332 e. The van der Waals surface area contributed by atoms with Gasteiger partial charge in [-0.25, -0.2) is 9.69 Å². The smallest absolute Gasteiger partial charge is 0.308 e. The SMILES string of the molecule is C[C@H]1C(=O)N(c2cccc(N=[N+]=[N-])c2)C(=O)N1Cc1ccccc1. The van der Waals surface area contributed by atoms with Crippen LogP contribution in [0.4, 0.5) is 16.2 Å². The van der Waals surface area contributed by atoms with Crippen molar-refractivity contribution in [2.24, 2.45) is 5.11 Å². The molecule has 7 nitrogen and oxygen atoms in total. The number of hydrogen-bond donors (Lipinski definition) is 0. The average Bonchev–Trinajstić information content (AvgIpc) is 2.80. The second-order valence-corrected chi connectivity index (χ2v) is 5.45. The number of benzene rings is 2. The fourth-order valence-corrected chi connectivity index (χ4v) is 2.68. The van der Waals surface area contributed by atoms with E-state index in [2.05, 4.69) is 10.0 Å². The highest BCUT2D eigenvalue weighted by Crippen LogP contribution is 2.29. The van der Waals surface area contributed by atoms with E-state index in [1.807, 2.05) is 30.3 Å². The Labute approximate surface area is 138 Å². The molecule has 1 aliphatic heterocycles. The standard InChI is InChI=1S/C17H15N5O2/c1-12-16(23)22(15-9-5-8-14(10-15)19-20-18)17(24)21(12)11-13-6-3-2-4-7-13/h2-10,12H,11H2,1H3/t12-/m0/s1. The van der Waals surface area contributed by atoms with Crippen molar-refractivity contribution in [3.63, 3.8) is 0 Å². The lowest BCUT2D eigenvalue weighted by Gasteiger charge is -2.19. The number of nitrogens with zero attached hydrogens (tertiary/aromatic N) is 5. The summed E-state index contributed by atoms with van der Waals surface area (Å²) in [4.78, 5) is 30.7. The van der Waals surface area contributed by atoms with Gasteiger partial charge in [-0.05, 0) is 30.2 Å². The van der Waals surface area contributed by atoms with Crippen LogP contribution in [0.15, 0.2) is 59.7 Å². The minimum absolute atomic E-state index is 0.297. The third-order valence-corrected chi connectivity index (χ3v) is 3.93. The second-order valence-electron chi connectivity index (χ2n) is 5.45. The first kappa shape index (κ1) is 15.6. The van der Waals surface area contributed by atoms with Gasteiger partial charge in [-0.1, -0.05) is 47.6 Å². The van der Waals surface area contributed by atoms with Gasteiger partial charge in [-0.15, -0.1) is 0 Å². The van der Waals surface area contributed by atoms with Gasteiger partial charge < -0.3 is 4.90 Å². The molecule has 2 aromatic rings. The van der Waals surface area contributed by atoms with Gasteiger partial charge >= 0.3 is 6.03 Å². The first-order valence-electron chi connectivity index (χ1n) is 7.45. The maximum atomic E-state index is 12.7. The predicted molar refractivity (Wildman–Crippen MR) is 89.6 cm³/mol. The molecule has 1 aliphatic rings. The summed E-state index contributed by atoms with van der Waals surface area (Å²) in [5.41, 5.74) is 10.2. The van der Waals surface area contributed by atoms with E-state index in [1.54, 1.807) is 25.1 Å². The van der Waals surface area contributed by atoms with Crippen molar-refractivity contribution in [3.8, 4) is 0 Å². The molecule has 1 fully saturated rings. The number of imide groups is 1. The molecule has 0 unspecified atom stereocenters. The topological polar surface area (TPSA) is 89.4 Å². The van der Waals surface area contributed by atoms with Gasteiger partial charge in [-0.3, -0.25) is 4.79 Å². The molecule has 0 bridgehead atoms. The zero-order chi connectivity index (χ0) is 17.1. The molecule has 2 aromatic carbocycles. The van der Waals surface area contributed by atoms with Crippen molar-refractivity contribution in [2.45, 2.75) is 19.5 Å². The van der Waals surface area contributed by atoms with E-state index in [-0.39, 0.29) is 11.9 Å². The maximum absolute atomic E-state index is 12.7. The summed E-state index contributed by atoms with van der Waals surface area (Å²) in [6, 6.07) is 15.0. The van der Waals surface area contributed by atoms with Crippen LogP contribution in [-0.2, 0) is 11.3 Å². The minimum Gasteiger partial charge on any atom is -0.308 e. The number of carbonyl (C=O) groups is 2. The Morgan fingerprint density at radius 3 is 2.58 bits per heavy atom. The molecule has 0 spiro atoms. The van der Waals surface area contributed by atoms with Crippen LogP contribution < -0.4 is 4.90 Å². The van der Waals surface area contributed by atoms with Gasteiger partial charge in [0.1, 0.15) is 6.04 Å². The van der Waals surface area contributed by atoms with Crippen LogP contribution in [0.1, 0.15) is 12.5 Å². The van der Waals surface area contributed by atoms with E-state index in [0.29, 0.717) is 17.9 Å². The van der Waals surface area contributed by atoms with E-state index in [4.69, 9.17) is 5.53 Å². The van der Waals surface area contributed by atoms with E-state index in [9.17, 15) is 9.59 Å². The number of hydrogen-bond acceptors (Lipinski definition) is 3. The second kappa shape index (κ2) is 6.44. The van der Waals surface area contributed by atoms with Crippen LogP contribution in [0.3, 0.4) is 0 Å². The van der Waals surface area contributed by atoms with Crippen molar-refractivity contribution in [3.05, 3.63) is 70.6 Å². The van der Waals surface area contributed by atoms with Crippen molar-refractivity contribution in [1.29, 1.82) is 0 Å². The van der Waals surface area contributed by atoms with Crippen LogP contribution in [0, 0.1) is 0 Å². The van der Waals surface area contributed by atoms with Gasteiger partial charge in [0.2, 0.25) is 0 Å². The van der Waals surface area contributed by atoms with Gasteiger partial charge in [0.15, 0.2) is 0 Å². The molecular weight excluding hydrogens is 306 g/mol. The van der Waals surface area contributed by atoms with Crippen molar-refractivity contribution in [2.75, 3.05) is 4.90 Å². The molecule has 3 amide bonds. The van der Waals surface area contributed by atoms with Crippen LogP contribution in [0.25, 0.3) is 10.4 Å². The number of anilines is 1. The first-order chi connectivity index (χ1) is 11.6.